The van der Waals surface area contributed by atoms with Crippen LogP contribution in [0.1, 0.15) is 23.0 Å². The lowest BCUT2D eigenvalue weighted by molar-refractivity contribution is 0.102. The van der Waals surface area contributed by atoms with E-state index in [9.17, 15) is 4.79 Å². The summed E-state index contributed by atoms with van der Waals surface area (Å²) in [4.78, 5) is 17.8. The van der Waals surface area contributed by atoms with E-state index >= 15 is 0 Å². The first kappa shape index (κ1) is 18.6. The Labute approximate surface area is 166 Å². The molecule has 1 N–H and O–H groups in total. The van der Waals surface area contributed by atoms with Crippen LogP contribution in [-0.2, 0) is 11.3 Å². The fraction of sp³-hybridized carbons (Fsp3) is 0.294. The standard InChI is InChI=1S/C17H17Br2N3O2S/c1-2-24-9-5-8-22-13-7-4-3-6-12(13)20-17(22)21-16(23)14-10-11(18)15(19)25-14/h3-4,6-7,10H,2,5,8-9H2,1H3,(H,20,21,23). The van der Waals surface area contributed by atoms with Crippen molar-refractivity contribution in [2.45, 2.75) is 19.9 Å². The molecule has 132 valence electrons. The normalized spacial score (nSPS) is 11.2. The fourth-order valence-corrected chi connectivity index (χ4v) is 4.42. The third-order valence-electron chi connectivity index (χ3n) is 3.62. The van der Waals surface area contributed by atoms with E-state index in [2.05, 4.69) is 42.2 Å². The molecule has 2 aromatic heterocycles. The quantitative estimate of drug-likeness (QED) is 0.461. The van der Waals surface area contributed by atoms with Crippen LogP contribution in [0.5, 0.6) is 0 Å². The van der Waals surface area contributed by atoms with Gasteiger partial charge in [0.2, 0.25) is 5.95 Å². The van der Waals surface area contributed by atoms with Crippen LogP contribution in [0.2, 0.25) is 0 Å². The minimum Gasteiger partial charge on any atom is -0.382 e. The van der Waals surface area contributed by atoms with Crippen LogP contribution in [0.4, 0.5) is 5.95 Å². The van der Waals surface area contributed by atoms with Crippen molar-refractivity contribution in [3.63, 3.8) is 0 Å². The maximum Gasteiger partial charge on any atom is 0.268 e. The van der Waals surface area contributed by atoms with Gasteiger partial charge < -0.3 is 9.30 Å². The van der Waals surface area contributed by atoms with Crippen LogP contribution in [0.25, 0.3) is 11.0 Å². The van der Waals surface area contributed by atoms with Crippen molar-refractivity contribution in [1.29, 1.82) is 0 Å². The minimum atomic E-state index is -0.169. The molecular weight excluding hydrogens is 470 g/mol. The van der Waals surface area contributed by atoms with Crippen molar-refractivity contribution in [1.82, 2.24) is 9.55 Å². The number of carbonyl (C=O) groups is 1. The van der Waals surface area contributed by atoms with Gasteiger partial charge in [-0.05, 0) is 63.4 Å². The predicted octanol–water partition coefficient (Wildman–Crippen LogP) is 5.30. The number of benzene rings is 1. The second-order valence-electron chi connectivity index (χ2n) is 5.31. The van der Waals surface area contributed by atoms with E-state index in [-0.39, 0.29) is 5.91 Å². The van der Waals surface area contributed by atoms with Gasteiger partial charge >= 0.3 is 0 Å². The summed E-state index contributed by atoms with van der Waals surface area (Å²) in [6.45, 7) is 4.10. The average molecular weight is 487 g/mol. The zero-order valence-electron chi connectivity index (χ0n) is 13.6. The van der Waals surface area contributed by atoms with Crippen molar-refractivity contribution < 1.29 is 9.53 Å². The smallest absolute Gasteiger partial charge is 0.268 e. The molecule has 0 saturated carbocycles. The molecule has 3 rings (SSSR count). The molecule has 5 nitrogen and oxygen atoms in total. The topological polar surface area (TPSA) is 56.1 Å². The molecule has 0 aliphatic carbocycles. The Kier molecular flexibility index (Phi) is 6.27. The summed E-state index contributed by atoms with van der Waals surface area (Å²) >= 11 is 8.21. The first-order valence-corrected chi connectivity index (χ1v) is 10.3. The Bertz CT molecular complexity index is 872. The number of carbonyl (C=O) groups excluding carboxylic acids is 1. The molecule has 0 aliphatic heterocycles. The highest BCUT2D eigenvalue weighted by molar-refractivity contribution is 9.13. The zero-order chi connectivity index (χ0) is 17.8. The van der Waals surface area contributed by atoms with E-state index in [1.807, 2.05) is 35.8 Å². The number of nitrogens with one attached hydrogen (secondary N) is 1. The van der Waals surface area contributed by atoms with Crippen molar-refractivity contribution in [2.24, 2.45) is 0 Å². The molecule has 1 aromatic carbocycles. The summed E-state index contributed by atoms with van der Waals surface area (Å²) in [7, 11) is 0. The molecule has 1 amide bonds. The van der Waals surface area contributed by atoms with Gasteiger partial charge in [-0.1, -0.05) is 12.1 Å². The van der Waals surface area contributed by atoms with E-state index in [0.717, 1.165) is 32.3 Å². The summed E-state index contributed by atoms with van der Waals surface area (Å²) < 4.78 is 9.21. The molecular formula is C17H17Br2N3O2S. The number of imidazole rings is 1. The highest BCUT2D eigenvalue weighted by Gasteiger charge is 2.16. The molecule has 3 aromatic rings. The summed E-state index contributed by atoms with van der Waals surface area (Å²) in [5.41, 5.74) is 1.87. The maximum absolute atomic E-state index is 12.6. The van der Waals surface area contributed by atoms with Crippen LogP contribution in [-0.4, -0.2) is 28.7 Å². The number of amides is 1. The maximum atomic E-state index is 12.6. The number of ether oxygens (including phenoxy) is 1. The Morgan fingerprint density at radius 1 is 1.36 bits per heavy atom. The van der Waals surface area contributed by atoms with Gasteiger partial charge in [-0.25, -0.2) is 4.98 Å². The second-order valence-corrected chi connectivity index (χ2v) is 8.54. The SMILES string of the molecule is CCOCCCn1c(NC(=O)c2cc(Br)c(Br)s2)nc2ccccc21. The van der Waals surface area contributed by atoms with Gasteiger partial charge in [-0.15, -0.1) is 11.3 Å². The molecule has 0 bridgehead atoms. The van der Waals surface area contributed by atoms with E-state index in [0.29, 0.717) is 24.0 Å². The predicted molar refractivity (Wildman–Crippen MR) is 109 cm³/mol. The van der Waals surface area contributed by atoms with Gasteiger partial charge in [-0.2, -0.15) is 0 Å². The van der Waals surface area contributed by atoms with Crippen LogP contribution in [0.3, 0.4) is 0 Å². The molecule has 25 heavy (non-hydrogen) atoms. The van der Waals surface area contributed by atoms with E-state index in [1.165, 1.54) is 11.3 Å². The van der Waals surface area contributed by atoms with Gasteiger partial charge in [0.15, 0.2) is 0 Å². The molecule has 8 heteroatoms. The molecule has 0 atom stereocenters. The number of halogens is 2. The number of anilines is 1. The molecule has 0 radical (unpaired) electrons. The summed E-state index contributed by atoms with van der Waals surface area (Å²) in [5, 5.41) is 2.94. The van der Waals surface area contributed by atoms with Gasteiger partial charge in [0.1, 0.15) is 0 Å². The Morgan fingerprint density at radius 2 is 2.16 bits per heavy atom. The number of aromatic nitrogens is 2. The highest BCUT2D eigenvalue weighted by atomic mass is 79.9. The monoisotopic (exact) mass is 485 g/mol. The van der Waals surface area contributed by atoms with Gasteiger partial charge in [-0.3, -0.25) is 10.1 Å². The van der Waals surface area contributed by atoms with Gasteiger partial charge in [0.05, 0.1) is 19.7 Å². The minimum absolute atomic E-state index is 0.169. The largest absolute Gasteiger partial charge is 0.382 e. The number of para-hydroxylation sites is 2. The zero-order valence-corrected chi connectivity index (χ0v) is 17.6. The highest BCUT2D eigenvalue weighted by Crippen LogP contribution is 2.32. The fourth-order valence-electron chi connectivity index (χ4n) is 2.49. The van der Waals surface area contributed by atoms with Gasteiger partial charge in [0.25, 0.3) is 5.91 Å². The Morgan fingerprint density at radius 3 is 2.88 bits per heavy atom. The first-order valence-electron chi connectivity index (χ1n) is 7.89. The molecule has 0 unspecified atom stereocenters. The summed E-state index contributed by atoms with van der Waals surface area (Å²) in [5.74, 6) is 0.390. The van der Waals surface area contributed by atoms with Crippen LogP contribution >= 0.6 is 43.2 Å². The number of thiophene rings is 1. The van der Waals surface area contributed by atoms with Crippen molar-refractivity contribution in [3.8, 4) is 0 Å². The third-order valence-corrected chi connectivity index (χ3v) is 6.88. The molecule has 0 spiro atoms. The van der Waals surface area contributed by atoms with E-state index in [1.54, 1.807) is 6.07 Å². The van der Waals surface area contributed by atoms with Gasteiger partial charge in [0, 0.05) is 24.2 Å². The Hall–Kier alpha value is -1.22. The number of rotatable bonds is 7. The summed E-state index contributed by atoms with van der Waals surface area (Å²) in [6.07, 6.45) is 0.854. The van der Waals surface area contributed by atoms with Crippen LogP contribution in [0.15, 0.2) is 38.6 Å². The number of nitrogens with zero attached hydrogens (tertiary/aromatic N) is 2. The summed E-state index contributed by atoms with van der Waals surface area (Å²) in [6, 6.07) is 9.67. The lowest BCUT2D eigenvalue weighted by atomic mass is 10.3. The number of hydrogen-bond donors (Lipinski definition) is 1. The van der Waals surface area contributed by atoms with E-state index in [4.69, 9.17) is 4.74 Å². The number of hydrogen-bond acceptors (Lipinski definition) is 4. The Balaban J connectivity index is 1.85. The van der Waals surface area contributed by atoms with Crippen LogP contribution < -0.4 is 5.32 Å². The molecule has 0 fully saturated rings. The molecule has 0 saturated heterocycles. The lowest BCUT2D eigenvalue weighted by Gasteiger charge is -2.09. The number of aryl methyl sites for hydroxylation is 1. The average Bonchev–Trinajstić information content (AvgIpc) is 3.12. The third kappa shape index (κ3) is 4.31. The molecule has 2 heterocycles. The lowest BCUT2D eigenvalue weighted by Crippen LogP contribution is -2.15. The second kappa shape index (κ2) is 8.44. The van der Waals surface area contributed by atoms with Crippen molar-refractivity contribution in [3.05, 3.63) is 43.5 Å². The van der Waals surface area contributed by atoms with Crippen molar-refractivity contribution >= 4 is 66.1 Å². The van der Waals surface area contributed by atoms with Crippen LogP contribution in [0, 0.1) is 0 Å². The van der Waals surface area contributed by atoms with Crippen molar-refractivity contribution in [2.75, 3.05) is 18.5 Å². The molecule has 0 aliphatic rings. The number of fused-ring (bicyclic) bond motifs is 1. The van der Waals surface area contributed by atoms with E-state index < -0.39 is 0 Å². The first-order chi connectivity index (χ1) is 12.1.